The monoisotopic (exact) mass is 473 g/mol. The summed E-state index contributed by atoms with van der Waals surface area (Å²) >= 11 is 5.96. The number of carbonyl (C=O) groups excluding carboxylic acids is 1. The Morgan fingerprint density at radius 3 is 2.53 bits per heavy atom. The number of hydrogen-bond acceptors (Lipinski definition) is 4. The van der Waals surface area contributed by atoms with Gasteiger partial charge in [-0.1, -0.05) is 35.9 Å². The number of amides is 1. The van der Waals surface area contributed by atoms with Gasteiger partial charge in [0.25, 0.3) is 0 Å². The summed E-state index contributed by atoms with van der Waals surface area (Å²) in [6.45, 7) is 0.772. The molecule has 0 saturated heterocycles. The predicted molar refractivity (Wildman–Crippen MR) is 132 cm³/mol. The van der Waals surface area contributed by atoms with E-state index < -0.39 is 0 Å². The van der Waals surface area contributed by atoms with E-state index in [1.165, 1.54) is 12.8 Å². The maximum atomic E-state index is 12.7. The van der Waals surface area contributed by atoms with Gasteiger partial charge in [-0.3, -0.25) is 4.79 Å². The number of para-hydroxylation sites is 2. The van der Waals surface area contributed by atoms with E-state index in [4.69, 9.17) is 21.1 Å². The summed E-state index contributed by atoms with van der Waals surface area (Å²) in [6, 6.07) is 24.1. The van der Waals surface area contributed by atoms with Crippen LogP contribution in [0.3, 0.4) is 0 Å². The third-order valence-corrected chi connectivity index (χ3v) is 5.75. The van der Waals surface area contributed by atoms with Crippen LogP contribution in [-0.2, 0) is 11.2 Å². The van der Waals surface area contributed by atoms with Crippen molar-refractivity contribution in [2.75, 3.05) is 11.9 Å². The molecule has 1 amide bonds. The number of halogens is 1. The maximum Gasteiger partial charge on any atom is 0.238 e. The molecule has 1 saturated carbocycles. The second kappa shape index (κ2) is 10.0. The van der Waals surface area contributed by atoms with Crippen molar-refractivity contribution in [1.82, 2.24) is 9.78 Å². The summed E-state index contributed by atoms with van der Waals surface area (Å²) in [5.74, 6) is 2.35. The number of carbonyl (C=O) groups is 1. The van der Waals surface area contributed by atoms with Gasteiger partial charge in [-0.05, 0) is 72.9 Å². The SMILES string of the molecule is O=C(Cc1ccc(OCC2CC2)cc1)Nc1ccccc1Oc1ccn(-c2ccc(Cl)cc2)n1. The van der Waals surface area contributed by atoms with Crippen molar-refractivity contribution in [3.05, 3.63) is 95.6 Å². The number of hydrogen-bond donors (Lipinski definition) is 1. The molecule has 1 N–H and O–H groups in total. The van der Waals surface area contributed by atoms with Gasteiger partial charge in [0.05, 0.1) is 24.4 Å². The van der Waals surface area contributed by atoms with Gasteiger partial charge < -0.3 is 14.8 Å². The summed E-state index contributed by atoms with van der Waals surface area (Å²) in [4.78, 5) is 12.7. The molecule has 6 nitrogen and oxygen atoms in total. The van der Waals surface area contributed by atoms with Crippen molar-refractivity contribution in [3.63, 3.8) is 0 Å². The first-order chi connectivity index (χ1) is 16.6. The molecule has 0 bridgehead atoms. The summed E-state index contributed by atoms with van der Waals surface area (Å²) in [5.41, 5.74) is 2.36. The lowest BCUT2D eigenvalue weighted by molar-refractivity contribution is -0.115. The highest BCUT2D eigenvalue weighted by Crippen LogP contribution is 2.30. The van der Waals surface area contributed by atoms with E-state index in [0.717, 1.165) is 23.6 Å². The average molecular weight is 474 g/mol. The minimum Gasteiger partial charge on any atom is -0.493 e. The molecular formula is C27H24ClN3O3. The largest absolute Gasteiger partial charge is 0.493 e. The third kappa shape index (κ3) is 5.77. The summed E-state index contributed by atoms with van der Waals surface area (Å²) in [7, 11) is 0. The minimum atomic E-state index is -0.130. The lowest BCUT2D eigenvalue weighted by Crippen LogP contribution is -2.15. The molecule has 172 valence electrons. The minimum absolute atomic E-state index is 0.130. The number of anilines is 1. The Bertz CT molecular complexity index is 1270. The summed E-state index contributed by atoms with van der Waals surface area (Å²) < 4.78 is 13.4. The van der Waals surface area contributed by atoms with Crippen molar-refractivity contribution in [2.45, 2.75) is 19.3 Å². The van der Waals surface area contributed by atoms with E-state index in [9.17, 15) is 4.79 Å². The molecule has 5 rings (SSSR count). The first-order valence-electron chi connectivity index (χ1n) is 11.2. The second-order valence-electron chi connectivity index (χ2n) is 8.30. The normalized spacial score (nSPS) is 12.9. The van der Waals surface area contributed by atoms with Crippen molar-refractivity contribution < 1.29 is 14.3 Å². The van der Waals surface area contributed by atoms with Crippen LogP contribution in [0.4, 0.5) is 5.69 Å². The average Bonchev–Trinajstić information content (AvgIpc) is 3.57. The Balaban J connectivity index is 1.21. The fraction of sp³-hybridized carbons (Fsp3) is 0.185. The number of rotatable bonds is 9. The molecule has 1 aliphatic carbocycles. The number of nitrogens with one attached hydrogen (secondary N) is 1. The number of aromatic nitrogens is 2. The highest BCUT2D eigenvalue weighted by atomic mass is 35.5. The van der Waals surface area contributed by atoms with Gasteiger partial charge in [0.15, 0.2) is 5.75 Å². The van der Waals surface area contributed by atoms with Crippen LogP contribution < -0.4 is 14.8 Å². The van der Waals surface area contributed by atoms with E-state index in [0.29, 0.717) is 28.3 Å². The van der Waals surface area contributed by atoms with Crippen molar-refractivity contribution in [3.8, 4) is 23.1 Å². The molecule has 0 aliphatic heterocycles. The smallest absolute Gasteiger partial charge is 0.238 e. The lowest BCUT2D eigenvalue weighted by Gasteiger charge is -2.11. The fourth-order valence-electron chi connectivity index (χ4n) is 3.45. The van der Waals surface area contributed by atoms with Crippen LogP contribution in [0, 0.1) is 5.92 Å². The third-order valence-electron chi connectivity index (χ3n) is 5.50. The van der Waals surface area contributed by atoms with Crippen LogP contribution >= 0.6 is 11.6 Å². The van der Waals surface area contributed by atoms with Gasteiger partial charge in [0, 0.05) is 17.3 Å². The van der Waals surface area contributed by atoms with Crippen molar-refractivity contribution >= 4 is 23.2 Å². The molecule has 0 spiro atoms. The van der Waals surface area contributed by atoms with Crippen LogP contribution in [0.25, 0.3) is 5.69 Å². The van der Waals surface area contributed by atoms with E-state index in [1.807, 2.05) is 48.5 Å². The molecule has 0 atom stereocenters. The van der Waals surface area contributed by atoms with Gasteiger partial charge in [-0.15, -0.1) is 5.10 Å². The summed E-state index contributed by atoms with van der Waals surface area (Å²) in [6.07, 6.45) is 4.57. The molecule has 1 heterocycles. The maximum absolute atomic E-state index is 12.7. The first-order valence-corrected chi connectivity index (χ1v) is 11.6. The molecule has 0 unspecified atom stereocenters. The Labute approximate surface area is 203 Å². The Morgan fingerprint density at radius 2 is 1.76 bits per heavy atom. The highest BCUT2D eigenvalue weighted by molar-refractivity contribution is 6.30. The summed E-state index contributed by atoms with van der Waals surface area (Å²) in [5, 5.41) is 8.06. The van der Waals surface area contributed by atoms with E-state index >= 15 is 0 Å². The van der Waals surface area contributed by atoms with Crippen LogP contribution in [0.2, 0.25) is 5.02 Å². The number of benzene rings is 3. The van der Waals surface area contributed by atoms with Gasteiger partial charge in [0.1, 0.15) is 5.75 Å². The Kier molecular flexibility index (Phi) is 6.49. The first kappa shape index (κ1) is 22.0. The molecule has 0 radical (unpaired) electrons. The van der Waals surface area contributed by atoms with Crippen LogP contribution in [-0.4, -0.2) is 22.3 Å². The van der Waals surface area contributed by atoms with Gasteiger partial charge >= 0.3 is 0 Å². The highest BCUT2D eigenvalue weighted by Gasteiger charge is 2.21. The van der Waals surface area contributed by atoms with E-state index in [-0.39, 0.29) is 12.3 Å². The Hall–Kier alpha value is -3.77. The van der Waals surface area contributed by atoms with Gasteiger partial charge in [-0.2, -0.15) is 0 Å². The number of nitrogens with zero attached hydrogens (tertiary/aromatic N) is 2. The van der Waals surface area contributed by atoms with E-state index in [1.54, 1.807) is 41.2 Å². The molecule has 1 fully saturated rings. The van der Waals surface area contributed by atoms with E-state index in [2.05, 4.69) is 10.4 Å². The second-order valence-corrected chi connectivity index (χ2v) is 8.73. The quantitative estimate of drug-likeness (QED) is 0.310. The van der Waals surface area contributed by atoms with Gasteiger partial charge in [0.2, 0.25) is 11.8 Å². The van der Waals surface area contributed by atoms with Crippen molar-refractivity contribution in [2.24, 2.45) is 5.92 Å². The molecule has 7 heteroatoms. The zero-order valence-corrected chi connectivity index (χ0v) is 19.2. The van der Waals surface area contributed by atoms with Crippen LogP contribution in [0.1, 0.15) is 18.4 Å². The molecule has 1 aromatic heterocycles. The zero-order valence-electron chi connectivity index (χ0n) is 18.5. The topological polar surface area (TPSA) is 65.4 Å². The molecule has 1 aliphatic rings. The lowest BCUT2D eigenvalue weighted by atomic mass is 10.1. The van der Waals surface area contributed by atoms with Crippen LogP contribution in [0.15, 0.2) is 85.1 Å². The van der Waals surface area contributed by atoms with Crippen LogP contribution in [0.5, 0.6) is 17.4 Å². The molecule has 3 aromatic carbocycles. The molecule has 4 aromatic rings. The zero-order chi connectivity index (χ0) is 23.3. The molecular weight excluding hydrogens is 450 g/mol. The number of ether oxygens (including phenoxy) is 2. The predicted octanol–water partition coefficient (Wildman–Crippen LogP) is 6.29. The molecule has 34 heavy (non-hydrogen) atoms. The standard InChI is InChI=1S/C27H24ClN3O3/c28-21-9-11-22(12-10-21)31-16-15-27(30-31)34-25-4-2-1-3-24(25)29-26(32)17-19-7-13-23(14-8-19)33-18-20-5-6-20/h1-4,7-16,20H,5-6,17-18H2,(H,29,32). The van der Waals surface area contributed by atoms with Crippen molar-refractivity contribution in [1.29, 1.82) is 0 Å². The fourth-order valence-corrected chi connectivity index (χ4v) is 3.58. The Morgan fingerprint density at radius 1 is 1.00 bits per heavy atom. The van der Waals surface area contributed by atoms with Gasteiger partial charge in [-0.25, -0.2) is 4.68 Å².